The molecule has 0 spiro atoms. The SMILES string of the molecule is CCOc1ccc(NS(=O)(=O)CCCNC)cc1F. The summed E-state index contributed by atoms with van der Waals surface area (Å²) in [6, 6.07) is 3.99. The maximum absolute atomic E-state index is 13.5. The van der Waals surface area contributed by atoms with Crippen molar-refractivity contribution in [3.63, 3.8) is 0 Å². The molecule has 0 atom stereocenters. The third-order valence-corrected chi connectivity index (χ3v) is 3.72. The number of ether oxygens (including phenoxy) is 1. The Morgan fingerprint density at radius 1 is 1.37 bits per heavy atom. The maximum atomic E-state index is 13.5. The molecule has 108 valence electrons. The molecular formula is C12H19FN2O3S. The van der Waals surface area contributed by atoms with Crippen LogP contribution in [-0.2, 0) is 10.0 Å². The monoisotopic (exact) mass is 290 g/mol. The molecule has 2 N–H and O–H groups in total. The van der Waals surface area contributed by atoms with Gasteiger partial charge in [-0.2, -0.15) is 0 Å². The second-order valence-electron chi connectivity index (χ2n) is 3.96. The van der Waals surface area contributed by atoms with Crippen LogP contribution in [-0.4, -0.2) is 34.4 Å². The van der Waals surface area contributed by atoms with E-state index in [0.717, 1.165) is 6.07 Å². The lowest BCUT2D eigenvalue weighted by molar-refractivity contribution is 0.321. The summed E-state index contributed by atoms with van der Waals surface area (Å²) in [4.78, 5) is 0. The van der Waals surface area contributed by atoms with Gasteiger partial charge in [0.2, 0.25) is 10.0 Å². The summed E-state index contributed by atoms with van der Waals surface area (Å²) in [6.45, 7) is 2.71. The van der Waals surface area contributed by atoms with Crippen LogP contribution in [0.1, 0.15) is 13.3 Å². The summed E-state index contributed by atoms with van der Waals surface area (Å²) in [7, 11) is -1.69. The average Bonchev–Trinajstić information content (AvgIpc) is 2.32. The van der Waals surface area contributed by atoms with Crippen LogP contribution in [0, 0.1) is 5.82 Å². The summed E-state index contributed by atoms with van der Waals surface area (Å²) >= 11 is 0. The van der Waals surface area contributed by atoms with E-state index in [1.807, 2.05) is 0 Å². The fourth-order valence-electron chi connectivity index (χ4n) is 1.51. The molecule has 1 aromatic carbocycles. The van der Waals surface area contributed by atoms with Crippen LogP contribution in [0.2, 0.25) is 0 Å². The van der Waals surface area contributed by atoms with Crippen molar-refractivity contribution >= 4 is 15.7 Å². The summed E-state index contributed by atoms with van der Waals surface area (Å²) in [5, 5.41) is 2.87. The Balaban J connectivity index is 2.69. The Kier molecular flexibility index (Phi) is 6.04. The Bertz CT molecular complexity index is 506. The number of hydrogen-bond donors (Lipinski definition) is 2. The minimum Gasteiger partial charge on any atom is -0.491 e. The van der Waals surface area contributed by atoms with E-state index >= 15 is 0 Å². The van der Waals surface area contributed by atoms with Gasteiger partial charge in [0.15, 0.2) is 11.6 Å². The fraction of sp³-hybridized carbons (Fsp3) is 0.500. The van der Waals surface area contributed by atoms with Crippen LogP contribution in [0.5, 0.6) is 5.75 Å². The topological polar surface area (TPSA) is 67.4 Å². The molecule has 19 heavy (non-hydrogen) atoms. The molecule has 0 heterocycles. The molecule has 0 saturated carbocycles. The number of nitrogens with one attached hydrogen (secondary N) is 2. The van der Waals surface area contributed by atoms with Crippen molar-refractivity contribution in [1.29, 1.82) is 0 Å². The van der Waals surface area contributed by atoms with Gasteiger partial charge in [-0.25, -0.2) is 12.8 Å². The van der Waals surface area contributed by atoms with Crippen molar-refractivity contribution in [2.45, 2.75) is 13.3 Å². The molecule has 0 aromatic heterocycles. The minimum atomic E-state index is -3.45. The molecule has 0 amide bonds. The van der Waals surface area contributed by atoms with Gasteiger partial charge in [-0.15, -0.1) is 0 Å². The first kappa shape index (κ1) is 15.7. The number of halogens is 1. The molecule has 1 rings (SSSR count). The number of sulfonamides is 1. The van der Waals surface area contributed by atoms with Crippen molar-refractivity contribution in [3.8, 4) is 5.75 Å². The standard InChI is InChI=1S/C12H19FN2O3S/c1-3-18-12-6-5-10(9-11(12)13)15-19(16,17)8-4-7-14-2/h5-6,9,14-15H,3-4,7-8H2,1-2H3. The van der Waals surface area contributed by atoms with Gasteiger partial charge in [0.1, 0.15) is 0 Å². The smallest absolute Gasteiger partial charge is 0.232 e. The van der Waals surface area contributed by atoms with Gasteiger partial charge in [-0.3, -0.25) is 4.72 Å². The Labute approximate surface area is 113 Å². The first-order chi connectivity index (χ1) is 8.98. The van der Waals surface area contributed by atoms with E-state index in [4.69, 9.17) is 4.74 Å². The van der Waals surface area contributed by atoms with Crippen LogP contribution in [0.4, 0.5) is 10.1 Å². The van der Waals surface area contributed by atoms with Crippen LogP contribution >= 0.6 is 0 Å². The lowest BCUT2D eigenvalue weighted by atomic mass is 10.3. The third kappa shape index (κ3) is 5.44. The number of anilines is 1. The van der Waals surface area contributed by atoms with E-state index in [2.05, 4.69) is 10.0 Å². The van der Waals surface area contributed by atoms with Gasteiger partial charge in [0, 0.05) is 6.07 Å². The quantitative estimate of drug-likeness (QED) is 0.713. The van der Waals surface area contributed by atoms with E-state index < -0.39 is 15.8 Å². The molecule has 1 aromatic rings. The minimum absolute atomic E-state index is 0.0112. The first-order valence-corrected chi connectivity index (χ1v) is 7.71. The highest BCUT2D eigenvalue weighted by atomic mass is 32.2. The van der Waals surface area contributed by atoms with Crippen LogP contribution in [0.15, 0.2) is 18.2 Å². The summed E-state index contributed by atoms with van der Waals surface area (Å²) in [6.07, 6.45) is 0.491. The van der Waals surface area contributed by atoms with Crippen molar-refractivity contribution < 1.29 is 17.5 Å². The van der Waals surface area contributed by atoms with Gasteiger partial charge in [0.05, 0.1) is 18.0 Å². The molecule has 0 radical (unpaired) electrons. The summed E-state index contributed by atoms with van der Waals surface area (Å²) in [5.74, 6) is -0.485. The Morgan fingerprint density at radius 3 is 2.68 bits per heavy atom. The summed E-state index contributed by atoms with van der Waals surface area (Å²) in [5.41, 5.74) is 0.199. The normalized spacial score (nSPS) is 11.3. The van der Waals surface area contributed by atoms with Crippen LogP contribution in [0.3, 0.4) is 0 Å². The number of benzene rings is 1. The molecule has 0 saturated heterocycles. The van der Waals surface area contributed by atoms with Gasteiger partial charge in [-0.1, -0.05) is 0 Å². The van der Waals surface area contributed by atoms with Crippen molar-refractivity contribution in [3.05, 3.63) is 24.0 Å². The highest BCUT2D eigenvalue weighted by molar-refractivity contribution is 7.92. The van der Waals surface area contributed by atoms with Gasteiger partial charge in [0.25, 0.3) is 0 Å². The predicted octanol–water partition coefficient (Wildman–Crippen LogP) is 1.58. The van der Waals surface area contributed by atoms with Crippen molar-refractivity contribution in [1.82, 2.24) is 5.32 Å². The zero-order valence-electron chi connectivity index (χ0n) is 11.1. The number of hydrogen-bond acceptors (Lipinski definition) is 4. The van der Waals surface area contributed by atoms with E-state index in [-0.39, 0.29) is 17.2 Å². The van der Waals surface area contributed by atoms with Crippen molar-refractivity contribution in [2.24, 2.45) is 0 Å². The molecule has 5 nitrogen and oxygen atoms in total. The zero-order chi connectivity index (χ0) is 14.3. The second-order valence-corrected chi connectivity index (χ2v) is 5.80. The molecular weight excluding hydrogens is 271 g/mol. The van der Waals surface area contributed by atoms with E-state index in [9.17, 15) is 12.8 Å². The second kappa shape index (κ2) is 7.30. The summed E-state index contributed by atoms with van der Waals surface area (Å²) < 4.78 is 44.3. The Hall–Kier alpha value is -1.34. The number of rotatable bonds is 8. The average molecular weight is 290 g/mol. The van der Waals surface area contributed by atoms with Crippen LogP contribution in [0.25, 0.3) is 0 Å². The van der Waals surface area contributed by atoms with Gasteiger partial charge >= 0.3 is 0 Å². The Morgan fingerprint density at radius 2 is 2.11 bits per heavy atom. The fourth-order valence-corrected chi connectivity index (χ4v) is 2.62. The van der Waals surface area contributed by atoms with E-state index in [1.54, 1.807) is 14.0 Å². The molecule has 0 bridgehead atoms. The lowest BCUT2D eigenvalue weighted by Crippen LogP contribution is -2.20. The first-order valence-electron chi connectivity index (χ1n) is 6.06. The van der Waals surface area contributed by atoms with Crippen molar-refractivity contribution in [2.75, 3.05) is 30.7 Å². The molecule has 0 aliphatic heterocycles. The molecule has 0 fully saturated rings. The molecule has 0 aliphatic rings. The maximum Gasteiger partial charge on any atom is 0.232 e. The lowest BCUT2D eigenvalue weighted by Gasteiger charge is -2.10. The van der Waals surface area contributed by atoms with Gasteiger partial charge < -0.3 is 10.1 Å². The zero-order valence-corrected chi connectivity index (χ0v) is 11.9. The highest BCUT2D eigenvalue weighted by Crippen LogP contribution is 2.21. The molecule has 0 aliphatic carbocycles. The van der Waals surface area contributed by atoms with E-state index in [1.165, 1.54) is 12.1 Å². The highest BCUT2D eigenvalue weighted by Gasteiger charge is 2.11. The van der Waals surface area contributed by atoms with Gasteiger partial charge in [-0.05, 0) is 39.1 Å². The predicted molar refractivity (Wildman–Crippen MR) is 73.5 cm³/mol. The largest absolute Gasteiger partial charge is 0.491 e. The van der Waals surface area contributed by atoms with Crippen LogP contribution < -0.4 is 14.8 Å². The molecule has 0 unspecified atom stereocenters. The molecule has 7 heteroatoms. The van der Waals surface area contributed by atoms with E-state index in [0.29, 0.717) is 19.6 Å². The third-order valence-electron chi connectivity index (χ3n) is 2.34.